The number of carbonyl (C=O) groups is 1. The van der Waals surface area contributed by atoms with Crippen molar-refractivity contribution < 1.29 is 9.53 Å². The maximum Gasteiger partial charge on any atom is 0.359 e. The van der Waals surface area contributed by atoms with Crippen molar-refractivity contribution in [2.75, 3.05) is 0 Å². The molecule has 0 atom stereocenters. The van der Waals surface area contributed by atoms with Gasteiger partial charge in [0.1, 0.15) is 11.6 Å². The van der Waals surface area contributed by atoms with Crippen LogP contribution in [0.15, 0.2) is 58.7 Å². The summed E-state index contributed by atoms with van der Waals surface area (Å²) < 4.78 is 5.37. The summed E-state index contributed by atoms with van der Waals surface area (Å²) >= 11 is 1.50. The highest BCUT2D eigenvalue weighted by atomic mass is 32.1. The number of rotatable bonds is 5. The Hall–Kier alpha value is -3.32. The number of nitrogens with one attached hydrogen (secondary N) is 1. The molecule has 0 aliphatic carbocycles. The van der Waals surface area contributed by atoms with Gasteiger partial charge in [-0.2, -0.15) is 5.10 Å². The number of aryl methyl sites for hydroxylation is 1. The van der Waals surface area contributed by atoms with E-state index in [0.29, 0.717) is 16.5 Å². The van der Waals surface area contributed by atoms with Crippen LogP contribution >= 0.6 is 11.3 Å². The largest absolute Gasteiger partial charge is 0.454 e. The predicted octanol–water partition coefficient (Wildman–Crippen LogP) is 3.97. The minimum absolute atomic E-state index is 0.0392. The number of carbonyl (C=O) groups excluding carboxylic acids is 1. The van der Waals surface area contributed by atoms with Crippen LogP contribution in [0.1, 0.15) is 28.7 Å². The van der Waals surface area contributed by atoms with E-state index in [4.69, 9.17) is 4.74 Å². The lowest BCUT2D eigenvalue weighted by atomic mass is 10.1. The summed E-state index contributed by atoms with van der Waals surface area (Å²) in [4.78, 5) is 28.8. The number of hydrogen-bond donors (Lipinski definition) is 1. The van der Waals surface area contributed by atoms with Gasteiger partial charge in [0.05, 0.1) is 11.1 Å². The molecule has 4 aromatic rings. The number of esters is 1. The fourth-order valence-electron chi connectivity index (χ4n) is 2.87. The third kappa shape index (κ3) is 3.57. The van der Waals surface area contributed by atoms with E-state index in [0.717, 1.165) is 17.0 Å². The molecule has 0 aliphatic rings. The first-order chi connectivity index (χ1) is 13.7. The number of ether oxygens (including phenoxy) is 1. The van der Waals surface area contributed by atoms with E-state index >= 15 is 0 Å². The summed E-state index contributed by atoms with van der Waals surface area (Å²) in [6.45, 7) is 2.16. The van der Waals surface area contributed by atoms with Gasteiger partial charge in [-0.3, -0.25) is 4.79 Å². The zero-order valence-corrected chi connectivity index (χ0v) is 16.0. The minimum Gasteiger partial charge on any atom is -0.454 e. The summed E-state index contributed by atoms with van der Waals surface area (Å²) in [5, 5.41) is 9.80. The predicted molar refractivity (Wildman–Crippen MR) is 108 cm³/mol. The van der Waals surface area contributed by atoms with Crippen LogP contribution in [-0.2, 0) is 17.8 Å². The monoisotopic (exact) mass is 391 g/mol. The molecule has 2 heterocycles. The van der Waals surface area contributed by atoms with Crippen LogP contribution in [0.3, 0.4) is 0 Å². The van der Waals surface area contributed by atoms with E-state index in [-0.39, 0.29) is 17.9 Å². The third-order valence-corrected chi connectivity index (χ3v) is 5.34. The van der Waals surface area contributed by atoms with Crippen molar-refractivity contribution in [3.05, 3.63) is 81.2 Å². The van der Waals surface area contributed by atoms with E-state index in [9.17, 15) is 9.59 Å². The fraction of sp³-hybridized carbons (Fsp3) is 0.143. The summed E-state index contributed by atoms with van der Waals surface area (Å²) in [6.07, 6.45) is 0.993. The average Bonchev–Trinajstić information content (AvgIpc) is 3.22. The molecule has 1 N–H and O–H groups in total. The molecule has 7 heteroatoms. The van der Waals surface area contributed by atoms with E-state index in [2.05, 4.69) is 34.2 Å². The highest BCUT2D eigenvalue weighted by Gasteiger charge is 2.16. The molecule has 0 bridgehead atoms. The zero-order chi connectivity index (χ0) is 19.5. The molecular formula is C21H17N3O3S. The maximum absolute atomic E-state index is 12.5. The van der Waals surface area contributed by atoms with Crippen molar-refractivity contribution in [2.24, 2.45) is 0 Å². The van der Waals surface area contributed by atoms with Gasteiger partial charge in [-0.05, 0) is 18.1 Å². The number of hydrogen-bond acceptors (Lipinski definition) is 6. The Bertz CT molecular complexity index is 1200. The van der Waals surface area contributed by atoms with Crippen molar-refractivity contribution in [3.8, 4) is 10.6 Å². The molecule has 0 unspecified atom stereocenters. The van der Waals surface area contributed by atoms with Crippen molar-refractivity contribution >= 4 is 28.1 Å². The Labute approximate surface area is 164 Å². The van der Waals surface area contributed by atoms with Crippen molar-refractivity contribution in [1.82, 2.24) is 15.2 Å². The van der Waals surface area contributed by atoms with Gasteiger partial charge in [0.25, 0.3) is 5.56 Å². The number of aromatic amines is 1. The van der Waals surface area contributed by atoms with Crippen LogP contribution in [-0.4, -0.2) is 21.2 Å². The zero-order valence-electron chi connectivity index (χ0n) is 15.1. The molecule has 2 aromatic carbocycles. The molecular weight excluding hydrogens is 374 g/mol. The SMILES string of the molecule is CCc1ccc(-c2nc(COC(=O)c3n[nH]c(=O)c4ccccc34)cs2)cc1. The number of thiazole rings is 1. The summed E-state index contributed by atoms with van der Waals surface area (Å²) in [5.74, 6) is -0.603. The second-order valence-electron chi connectivity index (χ2n) is 6.22. The Balaban J connectivity index is 1.49. The van der Waals surface area contributed by atoms with Gasteiger partial charge < -0.3 is 4.74 Å². The van der Waals surface area contributed by atoms with Crippen LogP contribution in [0.25, 0.3) is 21.3 Å². The Kier molecular flexibility index (Phi) is 4.99. The lowest BCUT2D eigenvalue weighted by Gasteiger charge is -2.05. The third-order valence-electron chi connectivity index (χ3n) is 4.40. The molecule has 0 saturated carbocycles. The first kappa shape index (κ1) is 18.1. The van der Waals surface area contributed by atoms with Gasteiger partial charge in [-0.15, -0.1) is 11.3 Å². The molecule has 28 heavy (non-hydrogen) atoms. The second-order valence-corrected chi connectivity index (χ2v) is 7.08. The minimum atomic E-state index is -0.603. The molecule has 0 spiro atoms. The average molecular weight is 391 g/mol. The first-order valence-corrected chi connectivity index (χ1v) is 9.72. The lowest BCUT2D eigenvalue weighted by Crippen LogP contribution is -2.16. The van der Waals surface area contributed by atoms with Crippen LogP contribution in [0.2, 0.25) is 0 Å². The Morgan fingerprint density at radius 3 is 2.61 bits per heavy atom. The van der Waals surface area contributed by atoms with Gasteiger partial charge in [-0.25, -0.2) is 14.9 Å². The summed E-state index contributed by atoms with van der Waals surface area (Å²) in [6, 6.07) is 15.1. The fourth-order valence-corrected chi connectivity index (χ4v) is 3.68. The molecule has 4 rings (SSSR count). The molecule has 140 valence electrons. The van der Waals surface area contributed by atoms with Crippen LogP contribution < -0.4 is 5.56 Å². The Morgan fingerprint density at radius 1 is 1.11 bits per heavy atom. The van der Waals surface area contributed by atoms with Gasteiger partial charge in [0.2, 0.25) is 0 Å². The Morgan fingerprint density at radius 2 is 1.86 bits per heavy atom. The van der Waals surface area contributed by atoms with Gasteiger partial charge in [0.15, 0.2) is 5.69 Å². The molecule has 0 fully saturated rings. The molecule has 0 radical (unpaired) electrons. The molecule has 0 aliphatic heterocycles. The summed E-state index contributed by atoms with van der Waals surface area (Å²) in [7, 11) is 0. The molecule has 0 saturated heterocycles. The highest BCUT2D eigenvalue weighted by Crippen LogP contribution is 2.24. The van der Waals surface area contributed by atoms with E-state index < -0.39 is 5.97 Å². The van der Waals surface area contributed by atoms with Gasteiger partial charge >= 0.3 is 5.97 Å². The number of fused-ring (bicyclic) bond motifs is 1. The number of nitrogens with zero attached hydrogens (tertiary/aromatic N) is 2. The normalized spacial score (nSPS) is 10.9. The van der Waals surface area contributed by atoms with Gasteiger partial charge in [-0.1, -0.05) is 49.4 Å². The van der Waals surface area contributed by atoms with Crippen LogP contribution in [0.4, 0.5) is 0 Å². The van der Waals surface area contributed by atoms with E-state index in [1.807, 2.05) is 17.5 Å². The highest BCUT2D eigenvalue weighted by molar-refractivity contribution is 7.13. The summed E-state index contributed by atoms with van der Waals surface area (Å²) in [5.41, 5.74) is 2.72. The van der Waals surface area contributed by atoms with Crippen molar-refractivity contribution in [3.63, 3.8) is 0 Å². The first-order valence-electron chi connectivity index (χ1n) is 8.84. The smallest absolute Gasteiger partial charge is 0.359 e. The van der Waals surface area contributed by atoms with Crippen molar-refractivity contribution in [1.29, 1.82) is 0 Å². The number of aromatic nitrogens is 3. The standard InChI is InChI=1S/C21H17N3O3S/c1-2-13-7-9-14(10-8-13)20-22-15(12-28-20)11-27-21(26)18-16-5-3-4-6-17(16)19(25)24-23-18/h3-10,12H,2,11H2,1H3,(H,24,25). The van der Waals surface area contributed by atoms with E-state index in [1.54, 1.807) is 24.3 Å². The van der Waals surface area contributed by atoms with Gasteiger partial charge in [0, 0.05) is 16.3 Å². The lowest BCUT2D eigenvalue weighted by molar-refractivity contribution is 0.0462. The van der Waals surface area contributed by atoms with Crippen LogP contribution in [0, 0.1) is 0 Å². The molecule has 6 nitrogen and oxygen atoms in total. The molecule has 2 aromatic heterocycles. The topological polar surface area (TPSA) is 84.9 Å². The maximum atomic E-state index is 12.5. The number of H-pyrrole nitrogens is 1. The van der Waals surface area contributed by atoms with Crippen LogP contribution in [0.5, 0.6) is 0 Å². The van der Waals surface area contributed by atoms with Crippen molar-refractivity contribution in [2.45, 2.75) is 20.0 Å². The molecule has 0 amide bonds. The quantitative estimate of drug-likeness (QED) is 0.521. The van der Waals surface area contributed by atoms with E-state index in [1.165, 1.54) is 16.9 Å². The second kappa shape index (κ2) is 7.74. The number of benzene rings is 2.